The van der Waals surface area contributed by atoms with Crippen molar-refractivity contribution in [3.05, 3.63) is 35.9 Å². The average Bonchev–Trinajstić information content (AvgIpc) is 2.72. The topological polar surface area (TPSA) is 64.8 Å². The van der Waals surface area contributed by atoms with Gasteiger partial charge in [-0.25, -0.2) is 4.79 Å². The molecule has 0 aliphatic carbocycles. The molecule has 2 N–H and O–H groups in total. The van der Waals surface area contributed by atoms with Crippen molar-refractivity contribution in [3.8, 4) is 0 Å². The van der Waals surface area contributed by atoms with Gasteiger partial charge in [0.1, 0.15) is 11.3 Å². The third kappa shape index (κ3) is 3.59. The molecular weight excluding hydrogens is 280 g/mol. The van der Waals surface area contributed by atoms with E-state index in [0.29, 0.717) is 6.61 Å². The minimum Gasteiger partial charge on any atom is -0.444 e. The number of ether oxygens (including phenoxy) is 2. The molecule has 1 aromatic carbocycles. The second kappa shape index (κ2) is 5.89. The van der Waals surface area contributed by atoms with Crippen LogP contribution in [0.3, 0.4) is 0 Å². The Morgan fingerprint density at radius 2 is 1.95 bits per heavy atom. The van der Waals surface area contributed by atoms with Gasteiger partial charge in [-0.2, -0.15) is 0 Å². The van der Waals surface area contributed by atoms with E-state index in [1.54, 1.807) is 4.90 Å². The zero-order valence-corrected chi connectivity index (χ0v) is 14.0. The van der Waals surface area contributed by atoms with Gasteiger partial charge in [0, 0.05) is 0 Å². The molecule has 0 unspecified atom stereocenters. The van der Waals surface area contributed by atoms with Crippen LogP contribution in [-0.2, 0) is 9.47 Å². The first-order valence-electron chi connectivity index (χ1n) is 7.58. The monoisotopic (exact) mass is 306 g/mol. The zero-order chi connectivity index (χ0) is 16.5. The molecular formula is C17H26N2O3. The van der Waals surface area contributed by atoms with Gasteiger partial charge in [0.25, 0.3) is 0 Å². The summed E-state index contributed by atoms with van der Waals surface area (Å²) in [5.74, 6) is 0. The maximum absolute atomic E-state index is 12.6. The van der Waals surface area contributed by atoms with E-state index in [0.717, 1.165) is 5.56 Å². The normalized spacial score (nSPS) is 22.5. The highest BCUT2D eigenvalue weighted by Gasteiger charge is 2.48. The first-order chi connectivity index (χ1) is 10.1. The van der Waals surface area contributed by atoms with E-state index < -0.39 is 17.4 Å². The molecule has 1 aliphatic rings. The van der Waals surface area contributed by atoms with E-state index in [4.69, 9.17) is 15.2 Å². The van der Waals surface area contributed by atoms with E-state index >= 15 is 0 Å². The Morgan fingerprint density at radius 3 is 2.50 bits per heavy atom. The number of nitrogens with zero attached hydrogens (tertiary/aromatic N) is 1. The molecule has 5 heteroatoms. The minimum atomic E-state index is -0.737. The Hall–Kier alpha value is -1.59. The molecule has 22 heavy (non-hydrogen) atoms. The molecule has 1 amide bonds. The molecule has 1 saturated heterocycles. The summed E-state index contributed by atoms with van der Waals surface area (Å²) < 4.78 is 11.3. The van der Waals surface area contributed by atoms with Crippen molar-refractivity contribution in [1.82, 2.24) is 4.90 Å². The summed E-state index contributed by atoms with van der Waals surface area (Å²) in [4.78, 5) is 14.2. The summed E-state index contributed by atoms with van der Waals surface area (Å²) in [6, 6.07) is 9.16. The van der Waals surface area contributed by atoms with Crippen LogP contribution in [0, 0.1) is 0 Å². The first kappa shape index (κ1) is 16.8. The number of hydrogen-bond acceptors (Lipinski definition) is 4. The number of carbonyl (C=O) groups excluding carboxylic acids is 1. The van der Waals surface area contributed by atoms with Gasteiger partial charge < -0.3 is 15.2 Å². The van der Waals surface area contributed by atoms with E-state index in [2.05, 4.69) is 0 Å². The lowest BCUT2D eigenvalue weighted by Crippen LogP contribution is -2.52. The Labute approximate surface area is 132 Å². The van der Waals surface area contributed by atoms with Crippen molar-refractivity contribution in [2.24, 2.45) is 5.73 Å². The molecule has 2 rings (SSSR count). The van der Waals surface area contributed by atoms with Crippen LogP contribution in [-0.4, -0.2) is 35.0 Å². The van der Waals surface area contributed by atoms with Crippen LogP contribution in [0.1, 0.15) is 46.2 Å². The number of hydrogen-bond donors (Lipinski definition) is 1. The Balaban J connectivity index is 2.25. The standard InChI is InChI=1S/C17H26N2O3/c1-16(2,3)22-15(20)19-13(11-21-17(19,4)5)14(18)12-9-7-6-8-10-12/h6-10,13-14H,11,18H2,1-5H3/t13-,14-/m0/s1. The molecule has 5 nitrogen and oxygen atoms in total. The van der Waals surface area contributed by atoms with Crippen LogP contribution in [0.25, 0.3) is 0 Å². The van der Waals surface area contributed by atoms with Crippen LogP contribution in [0.2, 0.25) is 0 Å². The third-order valence-electron chi connectivity index (χ3n) is 3.71. The minimum absolute atomic E-state index is 0.257. The molecule has 1 aliphatic heterocycles. The van der Waals surface area contributed by atoms with Crippen LogP contribution in [0.5, 0.6) is 0 Å². The van der Waals surface area contributed by atoms with E-state index in [-0.39, 0.29) is 12.1 Å². The number of rotatable bonds is 2. The predicted molar refractivity (Wildman–Crippen MR) is 85.3 cm³/mol. The Morgan fingerprint density at radius 1 is 1.36 bits per heavy atom. The number of benzene rings is 1. The molecule has 0 aromatic heterocycles. The quantitative estimate of drug-likeness (QED) is 0.912. The number of carbonyl (C=O) groups is 1. The van der Waals surface area contributed by atoms with E-state index in [1.807, 2.05) is 65.0 Å². The van der Waals surface area contributed by atoms with Crippen LogP contribution in [0.4, 0.5) is 4.79 Å². The Kier molecular flexibility index (Phi) is 4.49. The summed E-state index contributed by atoms with van der Waals surface area (Å²) in [7, 11) is 0. The maximum Gasteiger partial charge on any atom is 0.412 e. The largest absolute Gasteiger partial charge is 0.444 e. The number of amides is 1. The maximum atomic E-state index is 12.6. The summed E-state index contributed by atoms with van der Waals surface area (Å²) >= 11 is 0. The summed E-state index contributed by atoms with van der Waals surface area (Å²) in [5, 5.41) is 0. The van der Waals surface area contributed by atoms with Gasteiger partial charge in [-0.3, -0.25) is 4.90 Å². The highest BCUT2D eigenvalue weighted by Crippen LogP contribution is 2.34. The summed E-state index contributed by atoms with van der Waals surface area (Å²) in [6.07, 6.45) is -0.397. The van der Waals surface area contributed by atoms with Gasteiger partial charge in [-0.1, -0.05) is 30.3 Å². The van der Waals surface area contributed by atoms with Crippen molar-refractivity contribution in [2.75, 3.05) is 6.61 Å². The molecule has 0 radical (unpaired) electrons. The fraction of sp³-hybridized carbons (Fsp3) is 0.588. The lowest BCUT2D eigenvalue weighted by Gasteiger charge is -2.36. The SMILES string of the molecule is CC(C)(C)OC(=O)N1[C@H]([C@@H](N)c2ccccc2)COC1(C)C. The second-order valence-corrected chi connectivity index (χ2v) is 7.11. The van der Waals surface area contributed by atoms with Gasteiger partial charge in [-0.05, 0) is 40.2 Å². The molecule has 1 heterocycles. The van der Waals surface area contributed by atoms with Gasteiger partial charge in [0.2, 0.25) is 0 Å². The molecule has 0 saturated carbocycles. The van der Waals surface area contributed by atoms with Gasteiger partial charge >= 0.3 is 6.09 Å². The third-order valence-corrected chi connectivity index (χ3v) is 3.71. The molecule has 1 aromatic rings. The van der Waals surface area contributed by atoms with Crippen molar-refractivity contribution in [2.45, 2.75) is 58.0 Å². The van der Waals surface area contributed by atoms with Gasteiger partial charge in [0.15, 0.2) is 0 Å². The second-order valence-electron chi connectivity index (χ2n) is 7.11. The summed E-state index contributed by atoms with van der Waals surface area (Å²) in [6.45, 7) is 9.65. The van der Waals surface area contributed by atoms with E-state index in [9.17, 15) is 4.79 Å². The lowest BCUT2D eigenvalue weighted by molar-refractivity contribution is -0.0632. The fourth-order valence-corrected chi connectivity index (χ4v) is 2.66. The van der Waals surface area contributed by atoms with Crippen LogP contribution >= 0.6 is 0 Å². The molecule has 2 atom stereocenters. The smallest absolute Gasteiger partial charge is 0.412 e. The zero-order valence-electron chi connectivity index (χ0n) is 14.0. The Bertz CT molecular complexity index is 522. The highest BCUT2D eigenvalue weighted by molar-refractivity contribution is 5.70. The van der Waals surface area contributed by atoms with E-state index in [1.165, 1.54) is 0 Å². The summed E-state index contributed by atoms with van der Waals surface area (Å²) in [5.41, 5.74) is 6.06. The molecule has 0 bridgehead atoms. The van der Waals surface area contributed by atoms with Crippen LogP contribution in [0.15, 0.2) is 30.3 Å². The fourth-order valence-electron chi connectivity index (χ4n) is 2.66. The van der Waals surface area contributed by atoms with Gasteiger partial charge in [0.05, 0.1) is 18.7 Å². The van der Waals surface area contributed by atoms with Crippen LogP contribution < -0.4 is 5.73 Å². The van der Waals surface area contributed by atoms with Crippen molar-refractivity contribution in [3.63, 3.8) is 0 Å². The van der Waals surface area contributed by atoms with Crippen molar-refractivity contribution in [1.29, 1.82) is 0 Å². The molecule has 0 spiro atoms. The molecule has 122 valence electrons. The van der Waals surface area contributed by atoms with Crippen molar-refractivity contribution >= 4 is 6.09 Å². The highest BCUT2D eigenvalue weighted by atomic mass is 16.6. The first-order valence-corrected chi connectivity index (χ1v) is 7.58. The van der Waals surface area contributed by atoms with Gasteiger partial charge in [-0.15, -0.1) is 0 Å². The number of nitrogens with two attached hydrogens (primary N) is 1. The molecule has 1 fully saturated rings. The average molecular weight is 306 g/mol. The predicted octanol–water partition coefficient (Wildman–Crippen LogP) is 3.06. The van der Waals surface area contributed by atoms with Crippen molar-refractivity contribution < 1.29 is 14.3 Å². The lowest BCUT2D eigenvalue weighted by atomic mass is 9.99.